The van der Waals surface area contributed by atoms with Gasteiger partial charge in [-0.25, -0.2) is 13.2 Å². The van der Waals surface area contributed by atoms with Gasteiger partial charge in [-0.3, -0.25) is 0 Å². The SMILES string of the molecule is C=C(C(=O)OCC)c1ccc(S(C)(=O)=O)cc1. The molecule has 0 spiro atoms. The molecular formula is C12H14O4S. The van der Waals surface area contributed by atoms with Crippen molar-refractivity contribution in [2.45, 2.75) is 11.8 Å². The molecule has 0 amide bonds. The molecule has 0 N–H and O–H groups in total. The van der Waals surface area contributed by atoms with E-state index in [1.54, 1.807) is 6.92 Å². The monoisotopic (exact) mass is 254 g/mol. The lowest BCUT2D eigenvalue weighted by molar-refractivity contribution is -0.136. The highest BCUT2D eigenvalue weighted by atomic mass is 32.2. The van der Waals surface area contributed by atoms with Crippen LogP contribution in [-0.4, -0.2) is 27.2 Å². The van der Waals surface area contributed by atoms with Crippen LogP contribution in [0.5, 0.6) is 0 Å². The van der Waals surface area contributed by atoms with Gasteiger partial charge < -0.3 is 4.74 Å². The van der Waals surface area contributed by atoms with Crippen LogP contribution in [0.1, 0.15) is 12.5 Å². The summed E-state index contributed by atoms with van der Waals surface area (Å²) in [4.78, 5) is 11.6. The molecule has 17 heavy (non-hydrogen) atoms. The van der Waals surface area contributed by atoms with Crippen molar-refractivity contribution in [2.75, 3.05) is 12.9 Å². The number of ether oxygens (including phenoxy) is 1. The Balaban J connectivity index is 2.96. The van der Waals surface area contributed by atoms with E-state index >= 15 is 0 Å². The molecule has 0 saturated heterocycles. The molecule has 0 aliphatic heterocycles. The Morgan fingerprint density at radius 1 is 1.29 bits per heavy atom. The number of esters is 1. The van der Waals surface area contributed by atoms with E-state index in [9.17, 15) is 13.2 Å². The normalized spacial score (nSPS) is 10.9. The molecule has 1 rings (SSSR count). The van der Waals surface area contributed by atoms with Gasteiger partial charge in [0.15, 0.2) is 9.84 Å². The van der Waals surface area contributed by atoms with E-state index < -0.39 is 15.8 Å². The number of rotatable bonds is 4. The molecule has 0 aliphatic carbocycles. The Bertz CT molecular complexity index is 526. The van der Waals surface area contributed by atoms with Crippen molar-refractivity contribution in [3.63, 3.8) is 0 Å². The van der Waals surface area contributed by atoms with Crippen molar-refractivity contribution in [2.24, 2.45) is 0 Å². The van der Waals surface area contributed by atoms with Gasteiger partial charge in [-0.05, 0) is 24.6 Å². The molecular weight excluding hydrogens is 240 g/mol. The fourth-order valence-corrected chi connectivity index (χ4v) is 1.87. The Kier molecular flexibility index (Phi) is 4.07. The van der Waals surface area contributed by atoms with E-state index in [1.807, 2.05) is 0 Å². The maximum absolute atomic E-state index is 11.4. The van der Waals surface area contributed by atoms with Gasteiger partial charge in [0.25, 0.3) is 0 Å². The van der Waals surface area contributed by atoms with Crippen LogP contribution in [0.3, 0.4) is 0 Å². The van der Waals surface area contributed by atoms with Crippen molar-refractivity contribution in [1.29, 1.82) is 0 Å². The number of carbonyl (C=O) groups is 1. The van der Waals surface area contributed by atoms with Gasteiger partial charge in [0.2, 0.25) is 0 Å². The summed E-state index contributed by atoms with van der Waals surface area (Å²) in [6.45, 7) is 5.59. The molecule has 4 nitrogen and oxygen atoms in total. The number of carbonyl (C=O) groups excluding carboxylic acids is 1. The quantitative estimate of drug-likeness (QED) is 0.605. The van der Waals surface area contributed by atoms with Gasteiger partial charge in [0, 0.05) is 6.26 Å². The van der Waals surface area contributed by atoms with E-state index in [-0.39, 0.29) is 17.1 Å². The zero-order chi connectivity index (χ0) is 13.1. The van der Waals surface area contributed by atoms with Crippen LogP contribution >= 0.6 is 0 Å². The van der Waals surface area contributed by atoms with E-state index in [0.717, 1.165) is 6.26 Å². The molecule has 0 heterocycles. The molecule has 5 heteroatoms. The van der Waals surface area contributed by atoms with Crippen LogP contribution in [0.15, 0.2) is 35.7 Å². The van der Waals surface area contributed by atoms with Crippen LogP contribution in [0.2, 0.25) is 0 Å². The fourth-order valence-electron chi connectivity index (χ4n) is 1.24. The number of hydrogen-bond acceptors (Lipinski definition) is 4. The summed E-state index contributed by atoms with van der Waals surface area (Å²) in [6.07, 6.45) is 1.13. The average molecular weight is 254 g/mol. The second kappa shape index (κ2) is 5.14. The van der Waals surface area contributed by atoms with Crippen LogP contribution < -0.4 is 0 Å². The second-order valence-electron chi connectivity index (χ2n) is 3.50. The summed E-state index contributed by atoms with van der Waals surface area (Å²) in [5, 5.41) is 0. The topological polar surface area (TPSA) is 60.4 Å². The van der Waals surface area contributed by atoms with Crippen molar-refractivity contribution in [1.82, 2.24) is 0 Å². The first-order chi connectivity index (χ1) is 7.86. The Morgan fingerprint density at radius 3 is 2.24 bits per heavy atom. The molecule has 92 valence electrons. The van der Waals surface area contributed by atoms with Crippen LogP contribution in [0, 0.1) is 0 Å². The summed E-state index contributed by atoms with van der Waals surface area (Å²) < 4.78 is 27.3. The molecule has 1 aromatic carbocycles. The third kappa shape index (κ3) is 3.42. The number of benzene rings is 1. The van der Waals surface area contributed by atoms with Gasteiger partial charge in [0.1, 0.15) is 0 Å². The standard InChI is InChI=1S/C12H14O4S/c1-4-16-12(13)9(2)10-5-7-11(8-6-10)17(3,14)15/h5-8H,2,4H2,1,3H3. The first-order valence-electron chi connectivity index (χ1n) is 5.02. The smallest absolute Gasteiger partial charge is 0.338 e. The Morgan fingerprint density at radius 2 is 1.82 bits per heavy atom. The number of sulfone groups is 1. The summed E-state index contributed by atoms with van der Waals surface area (Å²) in [7, 11) is -3.22. The van der Waals surface area contributed by atoms with E-state index in [4.69, 9.17) is 4.74 Å². The van der Waals surface area contributed by atoms with E-state index in [2.05, 4.69) is 6.58 Å². The Labute approximate surface area is 101 Å². The van der Waals surface area contributed by atoms with Crippen molar-refractivity contribution >= 4 is 21.4 Å². The molecule has 0 atom stereocenters. The predicted molar refractivity (Wildman–Crippen MR) is 65.2 cm³/mol. The lowest BCUT2D eigenvalue weighted by Gasteiger charge is -2.06. The van der Waals surface area contributed by atoms with Crippen molar-refractivity contribution < 1.29 is 17.9 Å². The first kappa shape index (κ1) is 13.4. The Hall–Kier alpha value is -1.62. The average Bonchev–Trinajstić information content (AvgIpc) is 2.27. The van der Waals surface area contributed by atoms with Crippen molar-refractivity contribution in [3.8, 4) is 0 Å². The second-order valence-corrected chi connectivity index (χ2v) is 5.51. The van der Waals surface area contributed by atoms with Crippen LogP contribution in [0.25, 0.3) is 5.57 Å². The summed E-state index contributed by atoms with van der Waals surface area (Å²) in [5.41, 5.74) is 0.766. The third-order valence-electron chi connectivity index (χ3n) is 2.15. The highest BCUT2D eigenvalue weighted by molar-refractivity contribution is 7.90. The predicted octanol–water partition coefficient (Wildman–Crippen LogP) is 1.67. The maximum atomic E-state index is 11.4. The summed E-state index contributed by atoms with van der Waals surface area (Å²) in [5.74, 6) is -0.500. The van der Waals surface area contributed by atoms with Crippen LogP contribution in [-0.2, 0) is 19.4 Å². The maximum Gasteiger partial charge on any atom is 0.338 e. The first-order valence-corrected chi connectivity index (χ1v) is 6.92. The molecule has 0 unspecified atom stereocenters. The summed E-state index contributed by atoms with van der Waals surface area (Å²) >= 11 is 0. The van der Waals surface area contributed by atoms with Gasteiger partial charge in [-0.15, -0.1) is 0 Å². The third-order valence-corrected chi connectivity index (χ3v) is 3.28. The largest absolute Gasteiger partial charge is 0.462 e. The van der Waals surface area contributed by atoms with Gasteiger partial charge >= 0.3 is 5.97 Å². The highest BCUT2D eigenvalue weighted by Crippen LogP contribution is 2.17. The van der Waals surface area contributed by atoms with Crippen molar-refractivity contribution in [3.05, 3.63) is 36.4 Å². The minimum Gasteiger partial charge on any atom is -0.462 e. The zero-order valence-corrected chi connectivity index (χ0v) is 10.6. The molecule has 0 saturated carbocycles. The molecule has 0 bridgehead atoms. The molecule has 0 fully saturated rings. The van der Waals surface area contributed by atoms with E-state index in [1.165, 1.54) is 24.3 Å². The van der Waals surface area contributed by atoms with Gasteiger partial charge in [-0.1, -0.05) is 18.7 Å². The molecule has 1 aromatic rings. The lowest BCUT2D eigenvalue weighted by Crippen LogP contribution is -2.06. The molecule has 0 aliphatic rings. The highest BCUT2D eigenvalue weighted by Gasteiger charge is 2.12. The lowest BCUT2D eigenvalue weighted by atomic mass is 10.1. The molecule has 0 radical (unpaired) electrons. The van der Waals surface area contributed by atoms with E-state index in [0.29, 0.717) is 5.56 Å². The summed E-state index contributed by atoms with van der Waals surface area (Å²) in [6, 6.07) is 5.95. The van der Waals surface area contributed by atoms with Gasteiger partial charge in [-0.2, -0.15) is 0 Å². The number of hydrogen-bond donors (Lipinski definition) is 0. The minimum atomic E-state index is -3.22. The molecule has 0 aromatic heterocycles. The van der Waals surface area contributed by atoms with Crippen LogP contribution in [0.4, 0.5) is 0 Å². The van der Waals surface area contributed by atoms with Gasteiger partial charge in [0.05, 0.1) is 17.1 Å². The minimum absolute atomic E-state index is 0.206. The fraction of sp³-hybridized carbons (Fsp3) is 0.250. The zero-order valence-electron chi connectivity index (χ0n) is 9.76.